The molecule has 7 rings (SSSR count). The topological polar surface area (TPSA) is 34.1 Å². The van der Waals surface area contributed by atoms with E-state index in [2.05, 4.69) is 86.6 Å². The van der Waals surface area contributed by atoms with Crippen molar-refractivity contribution in [3.05, 3.63) is 143 Å². The van der Waals surface area contributed by atoms with Crippen LogP contribution in [0.4, 0.5) is 0 Å². The Labute approximate surface area is 312 Å². The Balaban J connectivity index is 1.04. The molecule has 1 fully saturated rings. The number of benzene rings is 5. The molecule has 4 heteroatoms. The van der Waals surface area contributed by atoms with Crippen LogP contribution < -0.4 is 0 Å². The Bertz CT molecular complexity index is 1970. The van der Waals surface area contributed by atoms with Crippen molar-refractivity contribution in [1.82, 2.24) is 0 Å². The normalized spacial score (nSPS) is 16.9. The van der Waals surface area contributed by atoms with Crippen LogP contribution in [0.1, 0.15) is 127 Å². The van der Waals surface area contributed by atoms with Crippen LogP contribution in [-0.2, 0) is 6.42 Å². The quantitative estimate of drug-likeness (QED) is 0.112. The molecule has 5 aromatic rings. The van der Waals surface area contributed by atoms with Crippen LogP contribution in [0, 0.1) is 5.92 Å². The fraction of sp³-hybridized carbons (Fsp3) is 0.319. The summed E-state index contributed by atoms with van der Waals surface area (Å²) < 4.78 is 0. The van der Waals surface area contributed by atoms with Crippen molar-refractivity contribution >= 4 is 35.1 Å². The number of carbonyl (C=O) groups excluding carboxylic acids is 2. The summed E-state index contributed by atoms with van der Waals surface area (Å²) in [5.41, 5.74) is 7.23. The molecule has 0 spiro atoms. The zero-order valence-corrected chi connectivity index (χ0v) is 31.6. The van der Waals surface area contributed by atoms with Crippen molar-refractivity contribution in [3.8, 4) is 11.1 Å². The fourth-order valence-corrected chi connectivity index (χ4v) is 9.89. The Kier molecular flexibility index (Phi) is 11.6. The van der Waals surface area contributed by atoms with Crippen molar-refractivity contribution in [1.29, 1.82) is 0 Å². The van der Waals surface area contributed by atoms with E-state index < -0.39 is 0 Å². The molecule has 0 atom stereocenters. The van der Waals surface area contributed by atoms with Gasteiger partial charge in [-0.3, -0.25) is 9.59 Å². The third kappa shape index (κ3) is 8.13. The summed E-state index contributed by atoms with van der Waals surface area (Å²) in [4.78, 5) is 31.9. The first-order chi connectivity index (χ1) is 25.0. The van der Waals surface area contributed by atoms with E-state index in [4.69, 9.17) is 0 Å². The van der Waals surface area contributed by atoms with Gasteiger partial charge in [-0.2, -0.15) is 0 Å². The zero-order valence-electron chi connectivity index (χ0n) is 30.0. The molecule has 0 N–H and O–H groups in total. The van der Waals surface area contributed by atoms with E-state index in [1.807, 2.05) is 24.3 Å². The number of unbranched alkanes of at least 4 members (excludes halogenated alkanes) is 3. The van der Waals surface area contributed by atoms with E-state index in [0.29, 0.717) is 28.2 Å². The lowest BCUT2D eigenvalue weighted by atomic mass is 9.77. The second-order valence-corrected chi connectivity index (χ2v) is 16.6. The van der Waals surface area contributed by atoms with Crippen molar-refractivity contribution in [2.75, 3.05) is 0 Å². The number of hydrogen-bond donors (Lipinski definition) is 0. The Morgan fingerprint density at radius 1 is 0.549 bits per heavy atom. The Hall–Kier alpha value is -3.86. The molecule has 0 radical (unpaired) electrons. The number of ketones is 2. The zero-order chi connectivity index (χ0) is 35.2. The van der Waals surface area contributed by atoms with Gasteiger partial charge in [-0.25, -0.2) is 0 Å². The van der Waals surface area contributed by atoms with Gasteiger partial charge in [0.15, 0.2) is 11.6 Å². The van der Waals surface area contributed by atoms with Crippen LogP contribution in [-0.4, -0.2) is 11.6 Å². The predicted octanol–water partition coefficient (Wildman–Crippen LogP) is 13.6. The molecule has 0 heterocycles. The van der Waals surface area contributed by atoms with E-state index in [1.165, 1.54) is 86.5 Å². The number of aryl methyl sites for hydroxylation is 1. The third-order valence-corrected chi connectivity index (χ3v) is 12.9. The van der Waals surface area contributed by atoms with Crippen LogP contribution in [0.2, 0.25) is 0 Å². The number of carbonyl (C=O) groups is 2. The van der Waals surface area contributed by atoms with Crippen LogP contribution in [0.3, 0.4) is 0 Å². The lowest BCUT2D eigenvalue weighted by Crippen LogP contribution is -2.22. The SMILES string of the molecule is CCCCCCc1ccc(Sc2cccc3c2C(=O)c2cccc(Sc4ccc(-c5ccc(C6CCC(CCC)CC6)cc5)cc4)c2C3=O)cc1. The van der Waals surface area contributed by atoms with Gasteiger partial charge in [0.25, 0.3) is 0 Å². The Morgan fingerprint density at radius 3 is 1.61 bits per heavy atom. The molecular formula is C47H48O2S2. The third-order valence-electron chi connectivity index (χ3n) is 10.8. The molecular weight excluding hydrogens is 661 g/mol. The molecule has 1 saturated carbocycles. The highest BCUT2D eigenvalue weighted by Gasteiger charge is 2.34. The second kappa shape index (κ2) is 16.7. The van der Waals surface area contributed by atoms with Crippen molar-refractivity contribution < 1.29 is 9.59 Å². The molecule has 51 heavy (non-hydrogen) atoms. The minimum atomic E-state index is -0.0804. The summed E-state index contributed by atoms with van der Waals surface area (Å²) in [6.45, 7) is 4.54. The minimum Gasteiger partial charge on any atom is -0.289 e. The van der Waals surface area contributed by atoms with Gasteiger partial charge in [-0.1, -0.05) is 142 Å². The van der Waals surface area contributed by atoms with Crippen molar-refractivity contribution in [3.63, 3.8) is 0 Å². The molecule has 0 amide bonds. The summed E-state index contributed by atoms with van der Waals surface area (Å²) in [6.07, 6.45) is 14.1. The summed E-state index contributed by atoms with van der Waals surface area (Å²) >= 11 is 3.11. The summed E-state index contributed by atoms with van der Waals surface area (Å²) in [6, 6.07) is 37.8. The highest BCUT2D eigenvalue weighted by molar-refractivity contribution is 7.99. The molecule has 2 nitrogen and oxygen atoms in total. The highest BCUT2D eigenvalue weighted by atomic mass is 32.2. The molecule has 2 aliphatic carbocycles. The lowest BCUT2D eigenvalue weighted by molar-refractivity contribution is 0.0974. The van der Waals surface area contributed by atoms with Crippen LogP contribution >= 0.6 is 23.5 Å². The van der Waals surface area contributed by atoms with Crippen LogP contribution in [0.25, 0.3) is 11.1 Å². The molecule has 0 aromatic heterocycles. The van der Waals surface area contributed by atoms with Crippen molar-refractivity contribution in [2.45, 2.75) is 110 Å². The average molecular weight is 709 g/mol. The predicted molar refractivity (Wildman–Crippen MR) is 214 cm³/mol. The van der Waals surface area contributed by atoms with Gasteiger partial charge >= 0.3 is 0 Å². The van der Waals surface area contributed by atoms with Gasteiger partial charge in [0.2, 0.25) is 0 Å². The number of hydrogen-bond acceptors (Lipinski definition) is 4. The first-order valence-corrected chi connectivity index (χ1v) is 20.7. The molecule has 0 aliphatic heterocycles. The van der Waals surface area contributed by atoms with Gasteiger partial charge in [0.05, 0.1) is 0 Å². The maximum Gasteiger partial charge on any atom is 0.195 e. The second-order valence-electron chi connectivity index (χ2n) is 14.3. The number of rotatable bonds is 13. The summed E-state index contributed by atoms with van der Waals surface area (Å²) in [5, 5.41) is 0. The largest absolute Gasteiger partial charge is 0.289 e. The Morgan fingerprint density at radius 2 is 1.08 bits per heavy atom. The van der Waals surface area contributed by atoms with E-state index in [0.717, 1.165) is 31.9 Å². The van der Waals surface area contributed by atoms with Gasteiger partial charge in [-0.05, 0) is 109 Å². The highest BCUT2D eigenvalue weighted by Crippen LogP contribution is 2.42. The molecule has 0 saturated heterocycles. The molecule has 260 valence electrons. The van der Waals surface area contributed by atoms with E-state index in [9.17, 15) is 9.59 Å². The van der Waals surface area contributed by atoms with E-state index in [1.54, 1.807) is 35.7 Å². The monoisotopic (exact) mass is 708 g/mol. The average Bonchev–Trinajstić information content (AvgIpc) is 3.17. The van der Waals surface area contributed by atoms with E-state index in [-0.39, 0.29) is 11.6 Å². The van der Waals surface area contributed by atoms with Gasteiger partial charge in [-0.15, -0.1) is 0 Å². The lowest BCUT2D eigenvalue weighted by Gasteiger charge is -2.28. The maximum atomic E-state index is 14.1. The summed E-state index contributed by atoms with van der Waals surface area (Å²) in [7, 11) is 0. The van der Waals surface area contributed by atoms with Crippen LogP contribution in [0.5, 0.6) is 0 Å². The van der Waals surface area contributed by atoms with E-state index >= 15 is 0 Å². The van der Waals surface area contributed by atoms with Gasteiger partial charge in [0, 0.05) is 41.8 Å². The number of fused-ring (bicyclic) bond motifs is 2. The molecule has 0 unspecified atom stereocenters. The smallest absolute Gasteiger partial charge is 0.195 e. The van der Waals surface area contributed by atoms with Crippen LogP contribution in [0.15, 0.2) is 129 Å². The van der Waals surface area contributed by atoms with Gasteiger partial charge < -0.3 is 0 Å². The summed E-state index contributed by atoms with van der Waals surface area (Å²) in [5.74, 6) is 1.46. The molecule has 0 bridgehead atoms. The minimum absolute atomic E-state index is 0.0782. The molecule has 5 aromatic carbocycles. The first kappa shape index (κ1) is 35.5. The standard InChI is InChI=1S/C47H48O2S2/c1-3-5-6-7-11-33-18-28-38(29-19-33)50-42-14-8-12-40-44(42)46(48)41-13-9-15-43(45(41)47(40)49)51-39-30-26-37(27-31-39)36-24-22-35(23-25-36)34-20-16-32(10-4-2)17-21-34/h8-9,12-15,18-19,22-32,34H,3-7,10-11,16-17,20-21H2,1-2H3. The fourth-order valence-electron chi connectivity index (χ4n) is 7.94. The molecule has 2 aliphatic rings. The van der Waals surface area contributed by atoms with Gasteiger partial charge in [0.1, 0.15) is 0 Å². The van der Waals surface area contributed by atoms with Crippen molar-refractivity contribution in [2.24, 2.45) is 5.92 Å². The maximum absolute atomic E-state index is 14.1. The first-order valence-electron chi connectivity index (χ1n) is 19.0.